The predicted molar refractivity (Wildman–Crippen MR) is 183 cm³/mol. The maximum atomic E-state index is 14.2. The van der Waals surface area contributed by atoms with Gasteiger partial charge in [0, 0.05) is 53.9 Å². The molecule has 3 aliphatic rings. The van der Waals surface area contributed by atoms with Crippen LogP contribution in [0.25, 0.3) is 0 Å². The molecule has 0 spiro atoms. The maximum Gasteiger partial charge on any atom is 0.318 e. The van der Waals surface area contributed by atoms with Crippen LogP contribution >= 0.6 is 0 Å². The van der Waals surface area contributed by atoms with Gasteiger partial charge in [0.25, 0.3) is 5.69 Å². The minimum atomic E-state index is -0.747. The zero-order valence-corrected chi connectivity index (χ0v) is 28.3. The highest BCUT2D eigenvalue weighted by Gasteiger charge is 2.49. The van der Waals surface area contributed by atoms with Crippen LogP contribution in [-0.2, 0) is 16.0 Å². The number of hydrogen-bond donors (Lipinski definition) is 0. The second kappa shape index (κ2) is 12.6. The number of rotatable bonds is 9. The van der Waals surface area contributed by atoms with Crippen molar-refractivity contribution in [2.75, 3.05) is 13.7 Å². The molecular formula is C38H39N3O8. The molecule has 0 bridgehead atoms. The number of nitro groups is 2. The molecule has 0 amide bonds. The molecule has 11 nitrogen and oxygen atoms in total. The first-order valence-electron chi connectivity index (χ1n) is 16.3. The van der Waals surface area contributed by atoms with Gasteiger partial charge in [0.2, 0.25) is 5.75 Å². The summed E-state index contributed by atoms with van der Waals surface area (Å²) < 4.78 is 11.6. The quantitative estimate of drug-likeness (QED) is 0.163. The first-order valence-corrected chi connectivity index (χ1v) is 16.3. The summed E-state index contributed by atoms with van der Waals surface area (Å²) in [6.07, 6.45) is 2.79. The average Bonchev–Trinajstić information content (AvgIpc) is 3.03. The minimum absolute atomic E-state index is 0.00550. The van der Waals surface area contributed by atoms with E-state index in [1.54, 1.807) is 18.2 Å². The SMILES string of the molecule is COc1cc(C2C3=C(CC(C)(C)CC3=O)N(CCc3ccccc3)C3=C2C(=O)CC(C)(C)C3)ccc1Oc1ccc([N+](=O)[O-])cc1[N+](=O)[O-]. The van der Waals surface area contributed by atoms with Crippen molar-refractivity contribution in [2.24, 2.45) is 10.8 Å². The fraction of sp³-hybridized carbons (Fsp3) is 0.368. The van der Waals surface area contributed by atoms with Crippen LogP contribution in [0.1, 0.15) is 70.4 Å². The highest BCUT2D eigenvalue weighted by molar-refractivity contribution is 6.06. The normalized spacial score (nSPS) is 18.6. The third-order valence-electron chi connectivity index (χ3n) is 9.58. The van der Waals surface area contributed by atoms with E-state index in [1.165, 1.54) is 18.7 Å². The molecule has 0 saturated heterocycles. The Kier molecular flexibility index (Phi) is 8.64. The molecule has 3 aromatic rings. The number of nitrogens with zero attached hydrogens (tertiary/aromatic N) is 3. The van der Waals surface area contributed by atoms with E-state index in [2.05, 4.69) is 44.7 Å². The number of nitro benzene ring substituents is 2. The van der Waals surface area contributed by atoms with E-state index in [-0.39, 0.29) is 39.6 Å². The smallest absolute Gasteiger partial charge is 0.318 e. The second-order valence-corrected chi connectivity index (χ2v) is 14.6. The Bertz CT molecular complexity index is 1890. The van der Waals surface area contributed by atoms with Crippen molar-refractivity contribution in [1.29, 1.82) is 0 Å². The molecule has 0 unspecified atom stereocenters. The van der Waals surface area contributed by atoms with Crippen LogP contribution in [0.4, 0.5) is 11.4 Å². The van der Waals surface area contributed by atoms with E-state index in [4.69, 9.17) is 9.47 Å². The maximum absolute atomic E-state index is 14.2. The number of allylic oxidation sites excluding steroid dienone is 4. The van der Waals surface area contributed by atoms with Gasteiger partial charge in [0.1, 0.15) is 0 Å². The van der Waals surface area contributed by atoms with Crippen molar-refractivity contribution in [3.8, 4) is 17.2 Å². The van der Waals surface area contributed by atoms with Crippen LogP contribution in [0.5, 0.6) is 17.2 Å². The Labute approximate surface area is 284 Å². The molecule has 1 aliphatic heterocycles. The summed E-state index contributed by atoms with van der Waals surface area (Å²) in [4.78, 5) is 52.2. The number of hydrogen-bond acceptors (Lipinski definition) is 9. The van der Waals surface area contributed by atoms with Gasteiger partial charge in [-0.3, -0.25) is 29.8 Å². The molecule has 49 heavy (non-hydrogen) atoms. The van der Waals surface area contributed by atoms with E-state index in [9.17, 15) is 29.8 Å². The van der Waals surface area contributed by atoms with Crippen LogP contribution in [0.2, 0.25) is 0 Å². The molecule has 254 valence electrons. The number of ketones is 2. The Hall–Kier alpha value is -5.32. The summed E-state index contributed by atoms with van der Waals surface area (Å²) in [7, 11) is 1.43. The van der Waals surface area contributed by atoms with E-state index in [0.717, 1.165) is 29.9 Å². The molecule has 11 heteroatoms. The standard InChI is InChI=1S/C38H39N3O8/c1-37(2)19-27-35(29(42)21-37)34(36-28(20-38(3,4)22-30(36)43)39(27)16-15-23-9-7-6-8-10-23)24-11-13-32(33(17-24)48-5)49-31-14-12-25(40(44)45)18-26(31)41(46)47/h6-14,17-18,34H,15-16,19-22H2,1-5H3. The zero-order valence-electron chi connectivity index (χ0n) is 28.3. The molecule has 0 atom stereocenters. The fourth-order valence-corrected chi connectivity index (χ4v) is 7.45. The van der Waals surface area contributed by atoms with Crippen LogP contribution in [0, 0.1) is 31.1 Å². The fourth-order valence-electron chi connectivity index (χ4n) is 7.45. The summed E-state index contributed by atoms with van der Waals surface area (Å²) in [6.45, 7) is 9.04. The van der Waals surface area contributed by atoms with Gasteiger partial charge in [0.05, 0.1) is 23.0 Å². The lowest BCUT2D eigenvalue weighted by Crippen LogP contribution is -2.45. The minimum Gasteiger partial charge on any atom is -0.493 e. The van der Waals surface area contributed by atoms with Crippen LogP contribution in [0.15, 0.2) is 89.3 Å². The van der Waals surface area contributed by atoms with Crippen LogP contribution < -0.4 is 9.47 Å². The van der Waals surface area contributed by atoms with Gasteiger partial charge < -0.3 is 14.4 Å². The van der Waals surface area contributed by atoms with Gasteiger partial charge in [-0.15, -0.1) is 0 Å². The van der Waals surface area contributed by atoms with E-state index in [0.29, 0.717) is 48.9 Å². The number of carbonyl (C=O) groups is 2. The van der Waals surface area contributed by atoms with Gasteiger partial charge in [-0.2, -0.15) is 0 Å². The zero-order chi connectivity index (χ0) is 35.2. The molecule has 1 heterocycles. The largest absolute Gasteiger partial charge is 0.493 e. The number of methoxy groups -OCH3 is 1. The number of ether oxygens (including phenoxy) is 2. The highest BCUT2D eigenvalue weighted by atomic mass is 16.6. The molecule has 2 aliphatic carbocycles. The molecule has 0 saturated carbocycles. The Balaban J connectivity index is 1.47. The van der Waals surface area contributed by atoms with Crippen LogP contribution in [0.3, 0.4) is 0 Å². The molecule has 3 aromatic carbocycles. The molecule has 0 N–H and O–H groups in total. The molecule has 6 rings (SSSR count). The van der Waals surface area contributed by atoms with Crippen molar-refractivity contribution >= 4 is 22.9 Å². The second-order valence-electron chi connectivity index (χ2n) is 14.6. The van der Waals surface area contributed by atoms with Crippen molar-refractivity contribution in [2.45, 2.75) is 65.7 Å². The average molecular weight is 666 g/mol. The first-order chi connectivity index (χ1) is 23.2. The monoisotopic (exact) mass is 665 g/mol. The molecular weight excluding hydrogens is 626 g/mol. The lowest BCUT2D eigenvalue weighted by molar-refractivity contribution is -0.394. The van der Waals surface area contributed by atoms with Gasteiger partial charge in [-0.25, -0.2) is 0 Å². The van der Waals surface area contributed by atoms with Gasteiger partial charge in [0.15, 0.2) is 23.1 Å². The third kappa shape index (κ3) is 6.57. The highest BCUT2D eigenvalue weighted by Crippen LogP contribution is 2.55. The van der Waals surface area contributed by atoms with E-state index in [1.807, 2.05) is 18.2 Å². The third-order valence-corrected chi connectivity index (χ3v) is 9.58. The summed E-state index contributed by atoms with van der Waals surface area (Å²) in [6, 6.07) is 18.4. The van der Waals surface area contributed by atoms with Crippen molar-refractivity contribution in [1.82, 2.24) is 4.90 Å². The van der Waals surface area contributed by atoms with Crippen molar-refractivity contribution in [3.05, 3.63) is 121 Å². The summed E-state index contributed by atoms with van der Waals surface area (Å²) >= 11 is 0. The topological polar surface area (TPSA) is 142 Å². The van der Waals surface area contributed by atoms with Gasteiger partial charge in [-0.1, -0.05) is 64.1 Å². The molecule has 0 aromatic heterocycles. The lowest BCUT2D eigenvalue weighted by atomic mass is 9.63. The predicted octanol–water partition coefficient (Wildman–Crippen LogP) is 8.23. The van der Waals surface area contributed by atoms with E-state index < -0.39 is 27.1 Å². The van der Waals surface area contributed by atoms with Gasteiger partial charge >= 0.3 is 5.69 Å². The van der Waals surface area contributed by atoms with Crippen LogP contribution in [-0.4, -0.2) is 40.0 Å². The van der Waals surface area contributed by atoms with Crippen molar-refractivity contribution < 1.29 is 28.9 Å². The number of non-ortho nitro benzene ring substituents is 1. The summed E-state index contributed by atoms with van der Waals surface area (Å²) in [5.41, 5.74) is 3.45. The Morgan fingerprint density at radius 3 is 1.90 bits per heavy atom. The Morgan fingerprint density at radius 1 is 0.755 bits per heavy atom. The Morgan fingerprint density at radius 2 is 1.35 bits per heavy atom. The summed E-state index contributed by atoms with van der Waals surface area (Å²) in [5, 5.41) is 23.0. The van der Waals surface area contributed by atoms with Gasteiger partial charge in [-0.05, 0) is 59.4 Å². The molecule has 0 fully saturated rings. The number of Topliss-reactive ketones (excluding diaryl/α,β-unsaturated/α-hetero) is 2. The lowest BCUT2D eigenvalue weighted by Gasteiger charge is -2.49. The van der Waals surface area contributed by atoms with E-state index >= 15 is 0 Å². The molecule has 0 radical (unpaired) electrons. The first kappa shape index (κ1) is 33.6. The number of benzene rings is 3. The summed E-state index contributed by atoms with van der Waals surface area (Å²) in [5.74, 6) is -0.441. The van der Waals surface area contributed by atoms with Crippen molar-refractivity contribution in [3.63, 3.8) is 0 Å². The number of carbonyl (C=O) groups excluding carboxylic acids is 2.